The second kappa shape index (κ2) is 4.92. The molecule has 0 radical (unpaired) electrons. The molecule has 0 atom stereocenters. The SMILES string of the molecule is CC(C)(O)CNc1cc(N2CCCC2)ccn1. The summed E-state index contributed by atoms with van der Waals surface area (Å²) >= 11 is 0. The average Bonchev–Trinajstić information content (AvgIpc) is 2.79. The molecule has 0 aliphatic carbocycles. The normalized spacial score (nSPS) is 16.3. The van der Waals surface area contributed by atoms with E-state index in [-0.39, 0.29) is 0 Å². The third-order valence-corrected chi connectivity index (χ3v) is 2.92. The topological polar surface area (TPSA) is 48.4 Å². The van der Waals surface area contributed by atoms with Crippen LogP contribution < -0.4 is 10.2 Å². The van der Waals surface area contributed by atoms with Gasteiger partial charge in [-0.05, 0) is 32.8 Å². The van der Waals surface area contributed by atoms with E-state index in [0.717, 1.165) is 18.9 Å². The number of hydrogen-bond donors (Lipinski definition) is 2. The lowest BCUT2D eigenvalue weighted by Crippen LogP contribution is -2.29. The molecule has 1 aromatic rings. The first-order chi connectivity index (χ1) is 8.04. The van der Waals surface area contributed by atoms with E-state index in [1.165, 1.54) is 18.5 Å². The number of anilines is 2. The summed E-state index contributed by atoms with van der Waals surface area (Å²) in [4.78, 5) is 6.64. The van der Waals surface area contributed by atoms with Gasteiger partial charge in [-0.3, -0.25) is 0 Å². The highest BCUT2D eigenvalue weighted by Gasteiger charge is 2.14. The Bertz CT molecular complexity index is 367. The van der Waals surface area contributed by atoms with Crippen molar-refractivity contribution in [3.8, 4) is 0 Å². The number of hydrogen-bond acceptors (Lipinski definition) is 4. The van der Waals surface area contributed by atoms with Gasteiger partial charge >= 0.3 is 0 Å². The molecule has 0 saturated carbocycles. The Morgan fingerprint density at radius 3 is 2.76 bits per heavy atom. The molecule has 0 amide bonds. The first kappa shape index (κ1) is 12.2. The van der Waals surface area contributed by atoms with Crippen LogP contribution in [0.2, 0.25) is 0 Å². The lowest BCUT2D eigenvalue weighted by Gasteiger charge is -2.20. The van der Waals surface area contributed by atoms with Crippen molar-refractivity contribution in [3.05, 3.63) is 18.3 Å². The molecule has 2 rings (SSSR count). The summed E-state index contributed by atoms with van der Waals surface area (Å²) in [6.45, 7) is 6.34. The lowest BCUT2D eigenvalue weighted by atomic mass is 10.1. The fourth-order valence-corrected chi connectivity index (χ4v) is 1.99. The third-order valence-electron chi connectivity index (χ3n) is 2.92. The number of aliphatic hydroxyl groups is 1. The van der Waals surface area contributed by atoms with Crippen LogP contribution >= 0.6 is 0 Å². The van der Waals surface area contributed by atoms with Gasteiger partial charge in [0.05, 0.1) is 5.60 Å². The Balaban J connectivity index is 2.01. The standard InChI is InChI=1S/C13H21N3O/c1-13(2,17)10-15-12-9-11(5-6-14-12)16-7-3-4-8-16/h5-6,9,17H,3-4,7-8,10H2,1-2H3,(H,14,15). The lowest BCUT2D eigenvalue weighted by molar-refractivity contribution is 0.0944. The molecule has 0 unspecified atom stereocenters. The van der Waals surface area contributed by atoms with Gasteiger partial charge in [0.15, 0.2) is 0 Å². The number of rotatable bonds is 4. The van der Waals surface area contributed by atoms with E-state index in [4.69, 9.17) is 0 Å². The van der Waals surface area contributed by atoms with Crippen LogP contribution in [0.25, 0.3) is 0 Å². The van der Waals surface area contributed by atoms with E-state index in [2.05, 4.69) is 21.3 Å². The van der Waals surface area contributed by atoms with Crippen LogP contribution in [-0.4, -0.2) is 35.3 Å². The molecule has 0 aromatic carbocycles. The number of aromatic nitrogens is 1. The van der Waals surface area contributed by atoms with E-state index < -0.39 is 5.60 Å². The summed E-state index contributed by atoms with van der Waals surface area (Å²) in [5, 5.41) is 12.8. The van der Waals surface area contributed by atoms with Gasteiger partial charge in [-0.15, -0.1) is 0 Å². The predicted octanol–water partition coefficient (Wildman–Crippen LogP) is 1.86. The molecule has 1 saturated heterocycles. The molecule has 4 nitrogen and oxygen atoms in total. The maximum absolute atomic E-state index is 9.66. The van der Waals surface area contributed by atoms with Crippen molar-refractivity contribution in [2.24, 2.45) is 0 Å². The molecule has 4 heteroatoms. The van der Waals surface area contributed by atoms with Gasteiger partial charge in [0, 0.05) is 37.6 Å². The first-order valence-electron chi connectivity index (χ1n) is 6.22. The molecule has 1 aliphatic rings. The minimum Gasteiger partial charge on any atom is -0.389 e. The molecule has 1 fully saturated rings. The van der Waals surface area contributed by atoms with Crippen molar-refractivity contribution >= 4 is 11.5 Å². The van der Waals surface area contributed by atoms with Crippen LogP contribution in [0.15, 0.2) is 18.3 Å². The van der Waals surface area contributed by atoms with Gasteiger partial charge in [0.1, 0.15) is 5.82 Å². The summed E-state index contributed by atoms with van der Waals surface area (Å²) < 4.78 is 0. The Morgan fingerprint density at radius 2 is 2.12 bits per heavy atom. The van der Waals surface area contributed by atoms with Gasteiger partial charge in [-0.2, -0.15) is 0 Å². The zero-order valence-corrected chi connectivity index (χ0v) is 10.6. The number of nitrogens with zero attached hydrogens (tertiary/aromatic N) is 2. The zero-order chi connectivity index (χ0) is 12.3. The predicted molar refractivity (Wildman–Crippen MR) is 70.5 cm³/mol. The van der Waals surface area contributed by atoms with Crippen molar-refractivity contribution in [1.29, 1.82) is 0 Å². The van der Waals surface area contributed by atoms with Crippen molar-refractivity contribution < 1.29 is 5.11 Å². The smallest absolute Gasteiger partial charge is 0.128 e. The first-order valence-corrected chi connectivity index (χ1v) is 6.22. The van der Waals surface area contributed by atoms with E-state index >= 15 is 0 Å². The Kier molecular flexibility index (Phi) is 3.52. The molecule has 2 N–H and O–H groups in total. The van der Waals surface area contributed by atoms with Crippen LogP contribution in [0.1, 0.15) is 26.7 Å². The average molecular weight is 235 g/mol. The van der Waals surface area contributed by atoms with Gasteiger partial charge in [-0.25, -0.2) is 4.98 Å². The molecule has 17 heavy (non-hydrogen) atoms. The van der Waals surface area contributed by atoms with Gasteiger partial charge in [-0.1, -0.05) is 0 Å². The van der Waals surface area contributed by atoms with Gasteiger partial charge in [0.25, 0.3) is 0 Å². The summed E-state index contributed by atoms with van der Waals surface area (Å²) in [5.41, 5.74) is 0.501. The highest BCUT2D eigenvalue weighted by Crippen LogP contribution is 2.21. The molecular formula is C13H21N3O. The van der Waals surface area contributed by atoms with E-state index in [9.17, 15) is 5.11 Å². The molecular weight excluding hydrogens is 214 g/mol. The van der Waals surface area contributed by atoms with Crippen LogP contribution in [-0.2, 0) is 0 Å². The second-order valence-corrected chi connectivity index (χ2v) is 5.26. The minimum atomic E-state index is -0.717. The summed E-state index contributed by atoms with van der Waals surface area (Å²) in [5.74, 6) is 0.830. The number of nitrogens with one attached hydrogen (secondary N) is 1. The molecule has 2 heterocycles. The van der Waals surface area contributed by atoms with Gasteiger partial charge in [0.2, 0.25) is 0 Å². The van der Waals surface area contributed by atoms with Gasteiger partial charge < -0.3 is 15.3 Å². The zero-order valence-electron chi connectivity index (χ0n) is 10.6. The fraction of sp³-hybridized carbons (Fsp3) is 0.615. The molecule has 0 spiro atoms. The Hall–Kier alpha value is -1.29. The highest BCUT2D eigenvalue weighted by molar-refractivity contribution is 5.54. The van der Waals surface area contributed by atoms with Crippen molar-refractivity contribution in [2.45, 2.75) is 32.3 Å². The molecule has 94 valence electrons. The second-order valence-electron chi connectivity index (χ2n) is 5.26. The van der Waals surface area contributed by atoms with E-state index in [0.29, 0.717) is 6.54 Å². The molecule has 1 aliphatic heterocycles. The van der Waals surface area contributed by atoms with E-state index in [1.807, 2.05) is 12.3 Å². The quantitative estimate of drug-likeness (QED) is 0.836. The highest BCUT2D eigenvalue weighted by atomic mass is 16.3. The van der Waals surface area contributed by atoms with Crippen molar-refractivity contribution in [1.82, 2.24) is 4.98 Å². The minimum absolute atomic E-state index is 0.503. The van der Waals surface area contributed by atoms with Crippen LogP contribution in [0.3, 0.4) is 0 Å². The summed E-state index contributed by atoms with van der Waals surface area (Å²) in [6, 6.07) is 4.09. The van der Waals surface area contributed by atoms with Crippen LogP contribution in [0, 0.1) is 0 Å². The van der Waals surface area contributed by atoms with Crippen LogP contribution in [0.5, 0.6) is 0 Å². The van der Waals surface area contributed by atoms with E-state index in [1.54, 1.807) is 13.8 Å². The summed E-state index contributed by atoms with van der Waals surface area (Å²) in [7, 11) is 0. The summed E-state index contributed by atoms with van der Waals surface area (Å²) in [6.07, 6.45) is 4.36. The van der Waals surface area contributed by atoms with Crippen molar-refractivity contribution in [2.75, 3.05) is 29.9 Å². The maximum atomic E-state index is 9.66. The Morgan fingerprint density at radius 1 is 1.41 bits per heavy atom. The maximum Gasteiger partial charge on any atom is 0.128 e. The Labute approximate surface area is 103 Å². The molecule has 0 bridgehead atoms. The largest absolute Gasteiger partial charge is 0.389 e. The molecule has 1 aromatic heterocycles. The van der Waals surface area contributed by atoms with Crippen LogP contribution in [0.4, 0.5) is 11.5 Å². The third kappa shape index (κ3) is 3.60. The monoisotopic (exact) mass is 235 g/mol. The van der Waals surface area contributed by atoms with Crippen molar-refractivity contribution in [3.63, 3.8) is 0 Å². The number of pyridine rings is 1. The fourth-order valence-electron chi connectivity index (χ4n) is 1.99.